The van der Waals surface area contributed by atoms with Gasteiger partial charge < -0.3 is 0 Å². The van der Waals surface area contributed by atoms with Gasteiger partial charge in [0.05, 0.1) is 4.92 Å². The van der Waals surface area contributed by atoms with E-state index in [9.17, 15) is 14.9 Å². The summed E-state index contributed by atoms with van der Waals surface area (Å²) in [5.74, 6) is 0. The van der Waals surface area contributed by atoms with Gasteiger partial charge in [-0.15, -0.1) is 0 Å². The first-order chi connectivity index (χ1) is 5.61. The third kappa shape index (κ3) is 1.85. The summed E-state index contributed by atoms with van der Waals surface area (Å²) in [5.41, 5.74) is 0.0214. The van der Waals surface area contributed by atoms with Gasteiger partial charge in [-0.05, 0) is 22.0 Å². The van der Waals surface area contributed by atoms with Crippen LogP contribution in [-0.4, -0.2) is 14.6 Å². The summed E-state index contributed by atoms with van der Waals surface area (Å²) < 4.78 is -0.391. The highest BCUT2D eigenvalue weighted by Gasteiger charge is 2.07. The highest BCUT2D eigenvalue weighted by molar-refractivity contribution is 9.18. The first-order valence-corrected chi connectivity index (χ1v) is 3.71. The topological polar surface area (TPSA) is 73.1 Å². The van der Waals surface area contributed by atoms with Crippen molar-refractivity contribution >= 4 is 26.3 Å². The van der Waals surface area contributed by atoms with Gasteiger partial charge in [0.25, 0.3) is 5.69 Å². The summed E-state index contributed by atoms with van der Waals surface area (Å²) in [6, 6.07) is 2.51. The molecule has 0 bridgehead atoms. The molecule has 12 heavy (non-hydrogen) atoms. The summed E-state index contributed by atoms with van der Waals surface area (Å²) in [6.45, 7) is 0. The molecule has 0 saturated heterocycles. The van der Waals surface area contributed by atoms with Gasteiger partial charge in [0, 0.05) is 6.07 Å². The van der Waals surface area contributed by atoms with Gasteiger partial charge >= 0.3 is 0 Å². The summed E-state index contributed by atoms with van der Waals surface area (Å²) in [6.07, 6.45) is 1.04. The lowest BCUT2D eigenvalue weighted by molar-refractivity contribution is -0.385. The molecule has 0 aliphatic carbocycles. The summed E-state index contributed by atoms with van der Waals surface area (Å²) in [7, 11) is 0. The fourth-order valence-electron chi connectivity index (χ4n) is 0.610. The molecule has 1 rings (SSSR count). The van der Waals surface area contributed by atoms with Crippen molar-refractivity contribution < 1.29 is 9.72 Å². The Kier molecular flexibility index (Phi) is 2.49. The van der Waals surface area contributed by atoms with Gasteiger partial charge in [0.15, 0.2) is 0 Å². The highest BCUT2D eigenvalue weighted by Crippen LogP contribution is 2.10. The van der Waals surface area contributed by atoms with Gasteiger partial charge in [0.1, 0.15) is 11.9 Å². The highest BCUT2D eigenvalue weighted by atomic mass is 79.9. The molecule has 0 amide bonds. The Bertz CT molecular complexity index is 289. The second-order valence-electron chi connectivity index (χ2n) is 1.93. The van der Waals surface area contributed by atoms with Crippen molar-refractivity contribution in [1.29, 1.82) is 0 Å². The van der Waals surface area contributed by atoms with Crippen LogP contribution >= 0.6 is 15.9 Å². The van der Waals surface area contributed by atoms with E-state index in [1.54, 1.807) is 0 Å². The van der Waals surface area contributed by atoms with Crippen LogP contribution in [0.15, 0.2) is 18.3 Å². The van der Waals surface area contributed by atoms with Crippen molar-refractivity contribution in [3.05, 3.63) is 34.1 Å². The van der Waals surface area contributed by atoms with Gasteiger partial charge in [-0.25, -0.2) is 4.98 Å². The number of aromatic nitrogens is 1. The second kappa shape index (κ2) is 3.40. The molecule has 62 valence electrons. The van der Waals surface area contributed by atoms with E-state index in [2.05, 4.69) is 20.9 Å². The smallest absolute Gasteiger partial charge is 0.279 e. The third-order valence-electron chi connectivity index (χ3n) is 1.16. The number of nitrogens with zero attached hydrogens (tertiary/aromatic N) is 2. The van der Waals surface area contributed by atoms with Crippen LogP contribution < -0.4 is 0 Å². The van der Waals surface area contributed by atoms with Crippen molar-refractivity contribution in [1.82, 2.24) is 4.98 Å². The molecule has 1 aromatic heterocycles. The number of nitro groups is 1. The van der Waals surface area contributed by atoms with Crippen LogP contribution in [0.5, 0.6) is 0 Å². The Labute approximate surface area is 75.7 Å². The molecule has 6 heteroatoms. The summed E-state index contributed by atoms with van der Waals surface area (Å²) >= 11 is 2.67. The van der Waals surface area contributed by atoms with Crippen molar-refractivity contribution in [2.45, 2.75) is 0 Å². The fourth-order valence-corrected chi connectivity index (χ4v) is 0.845. The van der Waals surface area contributed by atoms with E-state index in [0.717, 1.165) is 6.20 Å². The minimum Gasteiger partial charge on any atom is -0.279 e. The first kappa shape index (κ1) is 8.79. The molecular formula is C6H3BrN2O3. The van der Waals surface area contributed by atoms with E-state index in [4.69, 9.17) is 0 Å². The lowest BCUT2D eigenvalue weighted by Gasteiger charge is -1.91. The Morgan fingerprint density at radius 1 is 1.58 bits per heavy atom. The lowest BCUT2D eigenvalue weighted by Crippen LogP contribution is -1.94. The van der Waals surface area contributed by atoms with Crippen LogP contribution in [0, 0.1) is 10.1 Å². The first-order valence-electron chi connectivity index (χ1n) is 2.91. The molecule has 0 atom stereocenters. The summed E-state index contributed by atoms with van der Waals surface area (Å²) in [5, 5.41) is 10.2. The second-order valence-corrected chi connectivity index (χ2v) is 2.65. The maximum absolute atomic E-state index is 10.6. The number of carbonyl (C=O) groups is 1. The fraction of sp³-hybridized carbons (Fsp3) is 0. The van der Waals surface area contributed by atoms with Gasteiger partial charge in [-0.2, -0.15) is 0 Å². The third-order valence-corrected chi connectivity index (χ3v) is 1.57. The molecule has 0 N–H and O–H groups in total. The number of pyridine rings is 1. The molecule has 0 unspecified atom stereocenters. The summed E-state index contributed by atoms with van der Waals surface area (Å²) in [4.78, 5) is 23.7. The lowest BCUT2D eigenvalue weighted by atomic mass is 10.3. The predicted molar refractivity (Wildman–Crippen MR) is 44.1 cm³/mol. The Balaban J connectivity index is 3.01. The average molecular weight is 231 g/mol. The van der Waals surface area contributed by atoms with Crippen molar-refractivity contribution in [2.24, 2.45) is 0 Å². The number of carbonyl (C=O) groups excluding carboxylic acids is 1. The van der Waals surface area contributed by atoms with Gasteiger partial charge in [0.2, 0.25) is 4.69 Å². The van der Waals surface area contributed by atoms with E-state index >= 15 is 0 Å². The average Bonchev–Trinajstić information content (AvgIpc) is 2.04. The van der Waals surface area contributed by atoms with E-state index in [-0.39, 0.29) is 11.4 Å². The molecule has 1 heterocycles. The Morgan fingerprint density at radius 2 is 2.25 bits per heavy atom. The van der Waals surface area contributed by atoms with E-state index in [1.165, 1.54) is 12.1 Å². The van der Waals surface area contributed by atoms with Crippen molar-refractivity contribution in [3.8, 4) is 0 Å². The molecule has 0 spiro atoms. The minimum absolute atomic E-state index is 0.132. The maximum Gasteiger partial charge on any atom is 0.287 e. The predicted octanol–water partition coefficient (Wildman–Crippen LogP) is 1.52. The van der Waals surface area contributed by atoms with Gasteiger partial charge in [-0.3, -0.25) is 14.9 Å². The largest absolute Gasteiger partial charge is 0.287 e. The zero-order valence-electron chi connectivity index (χ0n) is 5.73. The number of rotatable bonds is 2. The molecule has 0 aliphatic rings. The molecule has 0 radical (unpaired) electrons. The zero-order valence-corrected chi connectivity index (χ0v) is 7.32. The molecule has 1 aromatic rings. The van der Waals surface area contributed by atoms with Crippen molar-refractivity contribution in [2.75, 3.05) is 0 Å². The monoisotopic (exact) mass is 230 g/mol. The molecule has 0 saturated carbocycles. The van der Waals surface area contributed by atoms with E-state index in [1.807, 2.05) is 0 Å². The van der Waals surface area contributed by atoms with Crippen LogP contribution in [0.4, 0.5) is 5.69 Å². The zero-order chi connectivity index (χ0) is 9.14. The van der Waals surface area contributed by atoms with Crippen LogP contribution in [0.25, 0.3) is 0 Å². The quantitative estimate of drug-likeness (QED) is 0.439. The molecule has 0 aliphatic heterocycles. The van der Waals surface area contributed by atoms with Crippen LogP contribution in [-0.2, 0) is 0 Å². The van der Waals surface area contributed by atoms with Crippen molar-refractivity contribution in [3.63, 3.8) is 0 Å². The molecule has 5 nitrogen and oxygen atoms in total. The van der Waals surface area contributed by atoms with Gasteiger partial charge in [-0.1, -0.05) is 0 Å². The Morgan fingerprint density at radius 3 is 2.58 bits per heavy atom. The maximum atomic E-state index is 10.6. The Hall–Kier alpha value is -1.30. The minimum atomic E-state index is -0.574. The van der Waals surface area contributed by atoms with E-state index < -0.39 is 9.62 Å². The SMILES string of the molecule is O=C(Br)c1ccc([N+](=O)[O-])cn1. The van der Waals surface area contributed by atoms with Crippen LogP contribution in [0.1, 0.15) is 10.5 Å². The number of hydrogen-bond acceptors (Lipinski definition) is 4. The van der Waals surface area contributed by atoms with Crippen LogP contribution in [0.2, 0.25) is 0 Å². The van der Waals surface area contributed by atoms with Crippen LogP contribution in [0.3, 0.4) is 0 Å². The van der Waals surface area contributed by atoms with E-state index in [0.29, 0.717) is 0 Å². The molecule has 0 aromatic carbocycles. The molecular weight excluding hydrogens is 228 g/mol. The standard InChI is InChI=1S/C6H3BrN2O3/c7-6(10)5-2-1-4(3-8-5)9(11)12/h1-3H. The normalized spacial score (nSPS) is 9.42. The number of halogens is 1. The molecule has 0 fully saturated rings. The number of hydrogen-bond donors (Lipinski definition) is 0.